The third-order valence-corrected chi connectivity index (χ3v) is 2.67. The van der Waals surface area contributed by atoms with Crippen molar-refractivity contribution in [3.63, 3.8) is 0 Å². The van der Waals surface area contributed by atoms with E-state index in [1.807, 2.05) is 0 Å². The van der Waals surface area contributed by atoms with Gasteiger partial charge in [0.2, 0.25) is 0 Å². The summed E-state index contributed by atoms with van der Waals surface area (Å²) < 4.78 is 17.9. The zero-order chi connectivity index (χ0) is 15.2. The van der Waals surface area contributed by atoms with Crippen molar-refractivity contribution >= 4 is 12.1 Å². The number of hydrogen-bond acceptors (Lipinski definition) is 4. The summed E-state index contributed by atoms with van der Waals surface area (Å²) in [6.45, 7) is 0. The van der Waals surface area contributed by atoms with Gasteiger partial charge in [-0.05, 0) is 35.9 Å². The first-order valence-electron chi connectivity index (χ1n) is 6.06. The van der Waals surface area contributed by atoms with Crippen molar-refractivity contribution in [3.05, 3.63) is 59.4 Å². The molecule has 0 saturated heterocycles. The number of nitrogens with zero attached hydrogens (tertiary/aromatic N) is 1. The molecule has 6 heteroatoms. The molecule has 0 atom stereocenters. The lowest BCUT2D eigenvalue weighted by atomic mass is 10.2. The van der Waals surface area contributed by atoms with Crippen LogP contribution < -0.4 is 10.2 Å². The number of aromatic hydroxyl groups is 1. The Bertz CT molecular complexity index is 686. The number of halogens is 1. The molecule has 0 fully saturated rings. The van der Waals surface area contributed by atoms with Crippen LogP contribution >= 0.6 is 0 Å². The first-order valence-corrected chi connectivity index (χ1v) is 6.06. The minimum Gasteiger partial charge on any atom is -0.504 e. The van der Waals surface area contributed by atoms with Crippen molar-refractivity contribution < 1.29 is 19.0 Å². The van der Waals surface area contributed by atoms with Gasteiger partial charge in [-0.3, -0.25) is 4.79 Å². The number of ether oxygens (including phenoxy) is 1. The van der Waals surface area contributed by atoms with Gasteiger partial charge in [0.15, 0.2) is 11.5 Å². The number of hydrogen-bond donors (Lipinski definition) is 2. The van der Waals surface area contributed by atoms with E-state index < -0.39 is 5.91 Å². The van der Waals surface area contributed by atoms with Gasteiger partial charge in [0.05, 0.1) is 13.3 Å². The van der Waals surface area contributed by atoms with Crippen molar-refractivity contribution in [3.8, 4) is 11.5 Å². The molecule has 0 aliphatic rings. The third kappa shape index (κ3) is 3.79. The van der Waals surface area contributed by atoms with Crippen LogP contribution in [0, 0.1) is 5.82 Å². The summed E-state index contributed by atoms with van der Waals surface area (Å²) in [5.41, 5.74) is 3.11. The lowest BCUT2D eigenvalue weighted by Crippen LogP contribution is -2.17. The Morgan fingerprint density at radius 1 is 1.33 bits per heavy atom. The maximum absolute atomic E-state index is 13.0. The molecule has 2 aromatic rings. The molecule has 2 rings (SSSR count). The van der Waals surface area contributed by atoms with Crippen LogP contribution in [0.25, 0.3) is 0 Å². The Morgan fingerprint density at radius 2 is 2.14 bits per heavy atom. The van der Waals surface area contributed by atoms with Gasteiger partial charge < -0.3 is 9.84 Å². The molecule has 0 aliphatic carbocycles. The number of benzene rings is 2. The lowest BCUT2D eigenvalue weighted by molar-refractivity contribution is 0.0955. The van der Waals surface area contributed by atoms with Crippen LogP contribution in [0.3, 0.4) is 0 Å². The van der Waals surface area contributed by atoms with Crippen LogP contribution in [-0.4, -0.2) is 24.3 Å². The predicted octanol–water partition coefficient (Wildman–Crippen LogP) is 2.30. The maximum Gasteiger partial charge on any atom is 0.271 e. The number of carbonyl (C=O) groups is 1. The van der Waals surface area contributed by atoms with E-state index in [1.54, 1.807) is 12.1 Å². The number of amides is 1. The van der Waals surface area contributed by atoms with Gasteiger partial charge in [-0.1, -0.05) is 12.1 Å². The molecule has 1 amide bonds. The molecule has 0 aliphatic heterocycles. The average Bonchev–Trinajstić information content (AvgIpc) is 2.47. The summed E-state index contributed by atoms with van der Waals surface area (Å²) in [5, 5.41) is 13.2. The molecular weight excluding hydrogens is 275 g/mol. The summed E-state index contributed by atoms with van der Waals surface area (Å²) in [6, 6.07) is 9.99. The molecular formula is C15H13FN2O3. The number of nitrogens with one attached hydrogen (secondary N) is 1. The number of methoxy groups -OCH3 is 1. The number of phenolic OH excluding ortho intramolecular Hbond substituents is 1. The number of carbonyl (C=O) groups excluding carboxylic acids is 1. The van der Waals surface area contributed by atoms with Gasteiger partial charge in [-0.15, -0.1) is 0 Å². The molecule has 0 aromatic heterocycles. The third-order valence-electron chi connectivity index (χ3n) is 2.67. The molecule has 2 N–H and O–H groups in total. The quantitative estimate of drug-likeness (QED) is 0.670. The van der Waals surface area contributed by atoms with E-state index in [0.717, 1.165) is 0 Å². The zero-order valence-electron chi connectivity index (χ0n) is 11.2. The highest BCUT2D eigenvalue weighted by molar-refractivity contribution is 5.95. The number of phenols is 1. The topological polar surface area (TPSA) is 70.9 Å². The Balaban J connectivity index is 2.05. The fraction of sp³-hybridized carbons (Fsp3) is 0.0667. The Hall–Kier alpha value is -2.89. The predicted molar refractivity (Wildman–Crippen MR) is 76.1 cm³/mol. The van der Waals surface area contributed by atoms with E-state index in [0.29, 0.717) is 5.56 Å². The normalized spacial score (nSPS) is 10.6. The zero-order valence-corrected chi connectivity index (χ0v) is 11.2. The smallest absolute Gasteiger partial charge is 0.271 e. The Kier molecular flexibility index (Phi) is 4.50. The first kappa shape index (κ1) is 14.5. The van der Waals surface area contributed by atoms with Gasteiger partial charge in [-0.2, -0.15) is 5.10 Å². The van der Waals surface area contributed by atoms with Crippen LogP contribution in [0.5, 0.6) is 11.5 Å². The molecule has 0 spiro atoms. The van der Waals surface area contributed by atoms with Gasteiger partial charge in [0.1, 0.15) is 5.82 Å². The molecule has 108 valence electrons. The summed E-state index contributed by atoms with van der Waals surface area (Å²) in [4.78, 5) is 11.8. The maximum atomic E-state index is 13.0. The van der Waals surface area contributed by atoms with Crippen molar-refractivity contribution in [2.45, 2.75) is 0 Å². The molecule has 0 unspecified atom stereocenters. The molecule has 2 aromatic carbocycles. The second-order valence-electron chi connectivity index (χ2n) is 4.14. The Labute approximate surface area is 120 Å². The van der Waals surface area contributed by atoms with E-state index in [-0.39, 0.29) is 22.9 Å². The lowest BCUT2D eigenvalue weighted by Gasteiger charge is -2.05. The van der Waals surface area contributed by atoms with Gasteiger partial charge in [0.25, 0.3) is 5.91 Å². The summed E-state index contributed by atoms with van der Waals surface area (Å²) >= 11 is 0. The van der Waals surface area contributed by atoms with Crippen molar-refractivity contribution in [2.75, 3.05) is 7.11 Å². The second-order valence-corrected chi connectivity index (χ2v) is 4.14. The fourth-order valence-corrected chi connectivity index (χ4v) is 1.64. The number of hydrazone groups is 1. The van der Waals surface area contributed by atoms with Gasteiger partial charge in [0, 0.05) is 5.56 Å². The first-order chi connectivity index (χ1) is 10.1. The van der Waals surface area contributed by atoms with E-state index in [2.05, 4.69) is 10.5 Å². The van der Waals surface area contributed by atoms with E-state index in [1.165, 1.54) is 43.7 Å². The van der Waals surface area contributed by atoms with Crippen LogP contribution in [-0.2, 0) is 0 Å². The highest BCUT2D eigenvalue weighted by Crippen LogP contribution is 2.26. The summed E-state index contributed by atoms with van der Waals surface area (Å²) in [7, 11) is 1.39. The molecule has 0 bridgehead atoms. The standard InChI is InChI=1S/C15H13FN2O3/c1-21-14-8-11(5-6-13(14)19)15(20)18-17-9-10-3-2-4-12(16)7-10/h2-9,19H,1H3,(H,18,20)/b17-9+. The minimum absolute atomic E-state index is 0.0580. The Morgan fingerprint density at radius 3 is 2.86 bits per heavy atom. The second kappa shape index (κ2) is 6.51. The largest absolute Gasteiger partial charge is 0.504 e. The highest BCUT2D eigenvalue weighted by Gasteiger charge is 2.08. The monoisotopic (exact) mass is 288 g/mol. The minimum atomic E-state index is -0.471. The van der Waals surface area contributed by atoms with Crippen molar-refractivity contribution in [1.29, 1.82) is 0 Å². The van der Waals surface area contributed by atoms with E-state index >= 15 is 0 Å². The van der Waals surface area contributed by atoms with Crippen molar-refractivity contribution in [1.82, 2.24) is 5.43 Å². The van der Waals surface area contributed by atoms with Gasteiger partial charge >= 0.3 is 0 Å². The summed E-state index contributed by atoms with van der Waals surface area (Å²) in [5.74, 6) is -0.719. The molecule has 21 heavy (non-hydrogen) atoms. The van der Waals surface area contributed by atoms with Crippen LogP contribution in [0.4, 0.5) is 4.39 Å². The average molecular weight is 288 g/mol. The van der Waals surface area contributed by atoms with Crippen LogP contribution in [0.15, 0.2) is 47.6 Å². The SMILES string of the molecule is COc1cc(C(=O)N/N=C/c2cccc(F)c2)ccc1O. The van der Waals surface area contributed by atoms with Crippen molar-refractivity contribution in [2.24, 2.45) is 5.10 Å². The van der Waals surface area contributed by atoms with Crippen LogP contribution in [0.1, 0.15) is 15.9 Å². The fourth-order valence-electron chi connectivity index (χ4n) is 1.64. The van der Waals surface area contributed by atoms with Gasteiger partial charge in [-0.25, -0.2) is 9.82 Å². The summed E-state index contributed by atoms with van der Waals surface area (Å²) in [6.07, 6.45) is 1.33. The number of rotatable bonds is 4. The van der Waals surface area contributed by atoms with Crippen LogP contribution in [0.2, 0.25) is 0 Å². The van der Waals surface area contributed by atoms with E-state index in [9.17, 15) is 14.3 Å². The molecule has 5 nitrogen and oxygen atoms in total. The highest BCUT2D eigenvalue weighted by atomic mass is 19.1. The molecule has 0 radical (unpaired) electrons. The molecule has 0 saturated carbocycles. The molecule has 0 heterocycles. The van der Waals surface area contributed by atoms with E-state index in [4.69, 9.17) is 4.74 Å².